The van der Waals surface area contributed by atoms with Crippen molar-refractivity contribution in [1.82, 2.24) is 9.29 Å². The van der Waals surface area contributed by atoms with E-state index in [9.17, 15) is 17.6 Å². The molecule has 0 bridgehead atoms. The van der Waals surface area contributed by atoms with Crippen LogP contribution in [0, 0.1) is 5.82 Å². The number of benzene rings is 2. The van der Waals surface area contributed by atoms with Crippen LogP contribution in [0.25, 0.3) is 11.3 Å². The van der Waals surface area contributed by atoms with Crippen LogP contribution in [0.4, 0.5) is 10.2 Å². The molecule has 1 aromatic heterocycles. The summed E-state index contributed by atoms with van der Waals surface area (Å²) in [6, 6.07) is 16.6. The molecule has 1 saturated heterocycles. The average molecular weight is 526 g/mol. The van der Waals surface area contributed by atoms with E-state index in [4.69, 9.17) is 4.74 Å². The number of nitrogens with one attached hydrogen (secondary N) is 1. The number of nitrogens with zero attached hydrogens (tertiary/aromatic N) is 2. The lowest BCUT2D eigenvalue weighted by Gasteiger charge is -2.23. The topological polar surface area (TPSA) is 88.6 Å². The molecule has 0 radical (unpaired) electrons. The van der Waals surface area contributed by atoms with Crippen LogP contribution >= 0.6 is 0 Å². The molecule has 1 aliphatic carbocycles. The van der Waals surface area contributed by atoms with E-state index in [1.807, 2.05) is 6.92 Å². The number of methoxy groups -OCH3 is 1. The van der Waals surface area contributed by atoms with E-state index in [0.29, 0.717) is 36.5 Å². The van der Waals surface area contributed by atoms with Gasteiger partial charge in [0.25, 0.3) is 0 Å². The predicted octanol–water partition coefficient (Wildman–Crippen LogP) is 5.38. The van der Waals surface area contributed by atoms with Crippen LogP contribution in [0.3, 0.4) is 0 Å². The number of rotatable bonds is 8. The summed E-state index contributed by atoms with van der Waals surface area (Å²) < 4.78 is 47.1. The molecule has 2 aromatic carbocycles. The number of halogens is 1. The molecular weight excluding hydrogens is 493 g/mol. The normalized spacial score (nSPS) is 18.9. The predicted molar refractivity (Wildman–Crippen MR) is 141 cm³/mol. The Morgan fingerprint density at radius 1 is 1.19 bits per heavy atom. The summed E-state index contributed by atoms with van der Waals surface area (Å²) in [5, 5.41) is 2.88. The van der Waals surface area contributed by atoms with Gasteiger partial charge in [0.05, 0.1) is 23.1 Å². The van der Waals surface area contributed by atoms with Crippen LogP contribution in [0.15, 0.2) is 65.6 Å². The monoisotopic (exact) mass is 525 g/mol. The Balaban J connectivity index is 0.00000336. The number of anilines is 1. The second-order valence-corrected chi connectivity index (χ2v) is 11.5. The molecule has 37 heavy (non-hydrogen) atoms. The SMILES string of the molecule is CC[C@H]1CCCN1S(=O)(=O)c1ccc(-c2cccc(NC(=O)C3(c4ccc(OC)c(F)c4)CC3)n2)cc1.[HH]. The Hall–Kier alpha value is -3.30. The lowest BCUT2D eigenvalue weighted by atomic mass is 9.94. The minimum atomic E-state index is -3.55. The van der Waals surface area contributed by atoms with E-state index in [1.165, 1.54) is 19.2 Å². The van der Waals surface area contributed by atoms with Crippen LogP contribution in [0.5, 0.6) is 5.75 Å². The summed E-state index contributed by atoms with van der Waals surface area (Å²) in [6.45, 7) is 2.57. The van der Waals surface area contributed by atoms with Crippen molar-refractivity contribution in [2.45, 2.75) is 55.4 Å². The summed E-state index contributed by atoms with van der Waals surface area (Å²) >= 11 is 0. The number of carbonyl (C=O) groups is 1. The van der Waals surface area contributed by atoms with E-state index in [1.54, 1.807) is 52.8 Å². The van der Waals surface area contributed by atoms with Crippen molar-refractivity contribution in [3.63, 3.8) is 0 Å². The number of hydrogen-bond donors (Lipinski definition) is 1. The van der Waals surface area contributed by atoms with Gasteiger partial charge < -0.3 is 10.1 Å². The Labute approximate surface area is 218 Å². The number of carbonyl (C=O) groups excluding carboxylic acids is 1. The molecule has 2 fully saturated rings. The Morgan fingerprint density at radius 2 is 1.95 bits per heavy atom. The van der Waals surface area contributed by atoms with Gasteiger partial charge in [-0.15, -0.1) is 0 Å². The van der Waals surface area contributed by atoms with Crippen LogP contribution < -0.4 is 10.1 Å². The molecule has 2 heterocycles. The molecule has 196 valence electrons. The van der Waals surface area contributed by atoms with E-state index in [-0.39, 0.29) is 24.0 Å². The highest BCUT2D eigenvalue weighted by atomic mass is 32.2. The van der Waals surface area contributed by atoms with Crippen molar-refractivity contribution in [2.24, 2.45) is 0 Å². The summed E-state index contributed by atoms with van der Waals surface area (Å²) in [6.07, 6.45) is 3.82. The Bertz CT molecular complexity index is 1430. The summed E-state index contributed by atoms with van der Waals surface area (Å²) in [5.41, 5.74) is 1.17. The molecule has 5 rings (SSSR count). The first-order valence-electron chi connectivity index (χ1n) is 12.5. The van der Waals surface area contributed by atoms with Crippen LogP contribution in [-0.2, 0) is 20.2 Å². The van der Waals surface area contributed by atoms with Gasteiger partial charge in [0.15, 0.2) is 11.6 Å². The maximum absolute atomic E-state index is 14.3. The highest BCUT2D eigenvalue weighted by Crippen LogP contribution is 2.49. The third-order valence-corrected chi connectivity index (χ3v) is 9.40. The van der Waals surface area contributed by atoms with Gasteiger partial charge in [0.2, 0.25) is 15.9 Å². The zero-order chi connectivity index (χ0) is 26.2. The van der Waals surface area contributed by atoms with Crippen LogP contribution in [-0.4, -0.2) is 43.3 Å². The standard InChI is InChI=1S/C28H30FN3O4S.H2/c1-3-21-6-5-17-32(21)37(34,35)22-12-9-19(10-13-22)24-7-4-8-26(30-24)31-27(33)28(15-16-28)20-11-14-25(36-2)23(29)18-20;/h4,7-14,18,21H,3,5-6,15-17H2,1-2H3,(H,30,31,33);1H/t21-;/m0./s1. The molecule has 1 atom stereocenters. The summed E-state index contributed by atoms with van der Waals surface area (Å²) in [7, 11) is -2.14. The second-order valence-electron chi connectivity index (χ2n) is 9.64. The smallest absolute Gasteiger partial charge is 0.243 e. The molecule has 2 aliphatic rings. The summed E-state index contributed by atoms with van der Waals surface area (Å²) in [4.78, 5) is 18.0. The molecule has 3 aromatic rings. The van der Waals surface area contributed by atoms with Gasteiger partial charge >= 0.3 is 0 Å². The number of amides is 1. The number of sulfonamides is 1. The van der Waals surface area contributed by atoms with Gasteiger partial charge in [0.1, 0.15) is 5.82 Å². The first-order chi connectivity index (χ1) is 17.8. The number of aromatic nitrogens is 1. The van der Waals surface area contributed by atoms with Gasteiger partial charge in [-0.1, -0.05) is 31.2 Å². The van der Waals surface area contributed by atoms with Crippen molar-refractivity contribution in [1.29, 1.82) is 0 Å². The molecule has 9 heteroatoms. The molecule has 1 aliphatic heterocycles. The average Bonchev–Trinajstić information content (AvgIpc) is 3.58. The zero-order valence-electron chi connectivity index (χ0n) is 20.9. The first-order valence-corrected chi connectivity index (χ1v) is 14.0. The minimum Gasteiger partial charge on any atom is -0.494 e. The van der Waals surface area contributed by atoms with Gasteiger partial charge in [-0.3, -0.25) is 4.79 Å². The number of hydrogen-bond acceptors (Lipinski definition) is 5. The van der Waals surface area contributed by atoms with Crippen molar-refractivity contribution in [3.8, 4) is 17.0 Å². The lowest BCUT2D eigenvalue weighted by molar-refractivity contribution is -0.118. The fourth-order valence-corrected chi connectivity index (χ4v) is 6.87. The van der Waals surface area contributed by atoms with Crippen molar-refractivity contribution < 1.29 is 23.8 Å². The molecule has 1 saturated carbocycles. The molecular formula is C28H32FN3O4S. The lowest BCUT2D eigenvalue weighted by Crippen LogP contribution is -2.35. The van der Waals surface area contributed by atoms with Gasteiger partial charge in [0, 0.05) is 19.6 Å². The van der Waals surface area contributed by atoms with Crippen molar-refractivity contribution >= 4 is 21.7 Å². The second kappa shape index (κ2) is 9.87. The van der Waals surface area contributed by atoms with Crippen molar-refractivity contribution in [3.05, 3.63) is 72.0 Å². The zero-order valence-corrected chi connectivity index (χ0v) is 21.7. The first kappa shape index (κ1) is 25.4. The molecule has 0 spiro atoms. The van der Waals surface area contributed by atoms with Gasteiger partial charge in [-0.25, -0.2) is 17.8 Å². The largest absolute Gasteiger partial charge is 0.494 e. The molecule has 1 amide bonds. The third-order valence-electron chi connectivity index (χ3n) is 7.43. The molecule has 7 nitrogen and oxygen atoms in total. The van der Waals surface area contributed by atoms with E-state index in [0.717, 1.165) is 24.8 Å². The summed E-state index contributed by atoms with van der Waals surface area (Å²) in [5.74, 6) is -0.222. The third kappa shape index (κ3) is 4.73. The van der Waals surface area contributed by atoms with Crippen LogP contribution in [0.2, 0.25) is 0 Å². The quantitative estimate of drug-likeness (QED) is 0.427. The maximum Gasteiger partial charge on any atom is 0.243 e. The van der Waals surface area contributed by atoms with Gasteiger partial charge in [-0.05, 0) is 74.1 Å². The highest BCUT2D eigenvalue weighted by Gasteiger charge is 2.51. The fraction of sp³-hybridized carbons (Fsp3) is 0.357. The van der Waals surface area contributed by atoms with E-state index < -0.39 is 21.3 Å². The van der Waals surface area contributed by atoms with Crippen LogP contribution in [0.1, 0.15) is 46.0 Å². The molecule has 0 unspecified atom stereocenters. The maximum atomic E-state index is 14.3. The Morgan fingerprint density at radius 3 is 2.59 bits per heavy atom. The highest BCUT2D eigenvalue weighted by molar-refractivity contribution is 7.89. The number of pyridine rings is 1. The van der Waals surface area contributed by atoms with E-state index >= 15 is 0 Å². The molecule has 1 N–H and O–H groups in total. The minimum absolute atomic E-state index is 0. The fourth-order valence-electron chi connectivity index (χ4n) is 5.10. The Kier molecular flexibility index (Phi) is 6.76. The van der Waals surface area contributed by atoms with Crippen molar-refractivity contribution in [2.75, 3.05) is 19.0 Å². The number of ether oxygens (including phenoxy) is 1. The van der Waals surface area contributed by atoms with Gasteiger partial charge in [-0.2, -0.15) is 4.31 Å². The van der Waals surface area contributed by atoms with E-state index in [2.05, 4.69) is 10.3 Å².